The Balaban J connectivity index is 2.03. The van der Waals surface area contributed by atoms with Crippen molar-refractivity contribution < 1.29 is 33.1 Å². The summed E-state index contributed by atoms with van der Waals surface area (Å²) in [6.07, 6.45) is -0.701. The van der Waals surface area contributed by atoms with Crippen LogP contribution in [0.1, 0.15) is 45.8 Å². The molecule has 0 bridgehead atoms. The number of phosphoric ester groups is 1. The van der Waals surface area contributed by atoms with Gasteiger partial charge in [0, 0.05) is 6.20 Å². The molecule has 0 aromatic carbocycles. The first kappa shape index (κ1) is 23.9. The Kier molecular flexibility index (Phi) is 9.22. The van der Waals surface area contributed by atoms with E-state index in [2.05, 4.69) is 4.98 Å². The quantitative estimate of drug-likeness (QED) is 0.322. The number of phosphoric acid groups is 1. The Morgan fingerprint density at radius 1 is 1.17 bits per heavy atom. The summed E-state index contributed by atoms with van der Waals surface area (Å²) in [5, 5.41) is 20.5. The number of unbranched alkanes of at least 4 members (excludes halogenated alkanes) is 2. The largest absolute Gasteiger partial charge is 0.474 e. The van der Waals surface area contributed by atoms with Crippen LogP contribution in [-0.4, -0.2) is 57.9 Å². The van der Waals surface area contributed by atoms with Gasteiger partial charge in [0.1, 0.15) is 24.1 Å². The number of hydrogen-bond acceptors (Lipinski definition) is 10. The second kappa shape index (κ2) is 11.2. The number of aliphatic hydroxyl groups is 2. The van der Waals surface area contributed by atoms with Gasteiger partial charge in [-0.25, -0.2) is 9.36 Å². The minimum absolute atomic E-state index is 0.0218. The van der Waals surface area contributed by atoms with Gasteiger partial charge in [0.05, 0.1) is 19.8 Å². The zero-order valence-corrected chi connectivity index (χ0v) is 17.6. The van der Waals surface area contributed by atoms with Crippen molar-refractivity contribution in [2.75, 3.05) is 25.6 Å². The van der Waals surface area contributed by atoms with Crippen LogP contribution in [0.4, 0.5) is 5.82 Å². The Morgan fingerprint density at radius 3 is 2.34 bits per heavy atom. The summed E-state index contributed by atoms with van der Waals surface area (Å²) in [6, 6.07) is 1.37. The van der Waals surface area contributed by atoms with E-state index in [9.17, 15) is 19.6 Å². The predicted octanol–water partition coefficient (Wildman–Crippen LogP) is 1.20. The fraction of sp³-hybridized carbons (Fsp3) is 0.765. The minimum atomic E-state index is -3.86. The molecule has 12 heteroatoms. The van der Waals surface area contributed by atoms with E-state index in [0.717, 1.165) is 17.4 Å². The van der Waals surface area contributed by atoms with E-state index >= 15 is 0 Å². The second-order valence-corrected chi connectivity index (χ2v) is 8.37. The molecule has 0 amide bonds. The molecule has 1 aromatic rings. The van der Waals surface area contributed by atoms with Crippen LogP contribution in [0.5, 0.6) is 0 Å². The Morgan fingerprint density at radius 2 is 1.79 bits per heavy atom. The van der Waals surface area contributed by atoms with Crippen LogP contribution in [0.15, 0.2) is 17.1 Å². The number of nitrogen functional groups attached to an aromatic ring is 1. The van der Waals surface area contributed by atoms with Gasteiger partial charge in [-0.05, 0) is 18.9 Å². The van der Waals surface area contributed by atoms with Gasteiger partial charge in [0.25, 0.3) is 0 Å². The van der Waals surface area contributed by atoms with Crippen LogP contribution in [0.2, 0.25) is 0 Å². The van der Waals surface area contributed by atoms with Crippen molar-refractivity contribution >= 4 is 13.6 Å². The van der Waals surface area contributed by atoms with Crippen molar-refractivity contribution in [3.63, 3.8) is 0 Å². The molecule has 0 unspecified atom stereocenters. The lowest BCUT2D eigenvalue weighted by atomic mass is 10.1. The first-order valence-electron chi connectivity index (χ1n) is 9.71. The molecule has 1 aromatic heterocycles. The summed E-state index contributed by atoms with van der Waals surface area (Å²) >= 11 is 0. The first-order valence-corrected chi connectivity index (χ1v) is 11.2. The molecule has 0 saturated carbocycles. The third-order valence-electron chi connectivity index (χ3n) is 4.35. The maximum atomic E-state index is 12.8. The fourth-order valence-electron chi connectivity index (χ4n) is 2.63. The molecule has 4 N–H and O–H groups in total. The number of anilines is 1. The number of aromatic nitrogens is 2. The number of nitrogens with zero attached hydrogens (tertiary/aromatic N) is 2. The van der Waals surface area contributed by atoms with Gasteiger partial charge in [-0.15, -0.1) is 0 Å². The molecule has 0 radical (unpaired) electrons. The monoisotopic (exact) mass is 435 g/mol. The average Bonchev–Trinajstić information content (AvgIpc) is 2.95. The lowest BCUT2D eigenvalue weighted by Gasteiger charge is -2.21. The number of rotatable bonds is 12. The summed E-state index contributed by atoms with van der Waals surface area (Å²) < 4.78 is 35.4. The molecule has 0 spiro atoms. The van der Waals surface area contributed by atoms with Crippen LogP contribution in [0.25, 0.3) is 0 Å². The van der Waals surface area contributed by atoms with E-state index in [0.29, 0.717) is 12.8 Å². The molecule has 4 atom stereocenters. The Hall–Kier alpha value is -1.33. The highest BCUT2D eigenvalue weighted by Gasteiger charge is 2.45. The highest BCUT2D eigenvalue weighted by atomic mass is 31.2. The molecule has 29 heavy (non-hydrogen) atoms. The highest BCUT2D eigenvalue weighted by molar-refractivity contribution is 7.48. The molecule has 1 aliphatic rings. The Bertz CT molecular complexity index is 732. The zero-order chi connectivity index (χ0) is 21.4. The smallest absolute Gasteiger partial charge is 0.387 e. The topological polar surface area (TPSA) is 155 Å². The van der Waals surface area contributed by atoms with Gasteiger partial charge in [-0.3, -0.25) is 18.1 Å². The van der Waals surface area contributed by atoms with E-state index in [1.165, 1.54) is 12.3 Å². The summed E-state index contributed by atoms with van der Waals surface area (Å²) in [6.45, 7) is 3.97. The molecular formula is C17H30N3O8P. The van der Waals surface area contributed by atoms with Crippen LogP contribution < -0.4 is 11.4 Å². The average molecular weight is 435 g/mol. The van der Waals surface area contributed by atoms with Crippen molar-refractivity contribution in [1.29, 1.82) is 0 Å². The SMILES string of the molecule is CCCCOP(=O)(OCCCC)OC[C@H]1O[C@@H](n2ccc(N)nc2=O)[C@@H](O)[C@@H]1O. The number of ether oxygens (including phenoxy) is 1. The van der Waals surface area contributed by atoms with E-state index < -0.39 is 38.1 Å². The summed E-state index contributed by atoms with van der Waals surface area (Å²) in [5.74, 6) is 0.0218. The van der Waals surface area contributed by atoms with Gasteiger partial charge in [0.2, 0.25) is 0 Å². The van der Waals surface area contributed by atoms with E-state index in [1.54, 1.807) is 0 Å². The zero-order valence-electron chi connectivity index (χ0n) is 16.7. The maximum Gasteiger partial charge on any atom is 0.474 e. The molecular weight excluding hydrogens is 405 g/mol. The standard InChI is InChI=1S/C17H30N3O8P/c1-3-5-9-25-29(24,26-10-6-4-2)27-11-12-14(21)15(22)16(28-12)20-8-7-13(18)19-17(20)23/h7-8,12,14-16,21-22H,3-6,9-11H2,1-2H3,(H2,18,19,23)/t12-,14-,15+,16-/m1/s1. The molecule has 166 valence electrons. The predicted molar refractivity (Wildman–Crippen MR) is 104 cm³/mol. The number of aliphatic hydroxyl groups excluding tert-OH is 2. The van der Waals surface area contributed by atoms with Crippen LogP contribution in [0, 0.1) is 0 Å². The summed E-state index contributed by atoms with van der Waals surface area (Å²) in [7, 11) is -3.86. The van der Waals surface area contributed by atoms with Gasteiger partial charge >= 0.3 is 13.5 Å². The van der Waals surface area contributed by atoms with Crippen molar-refractivity contribution in [3.05, 3.63) is 22.7 Å². The molecule has 1 saturated heterocycles. The van der Waals surface area contributed by atoms with Crippen molar-refractivity contribution in [1.82, 2.24) is 9.55 Å². The van der Waals surface area contributed by atoms with Crippen LogP contribution in [-0.2, 0) is 22.9 Å². The fourth-order valence-corrected chi connectivity index (χ4v) is 3.89. The van der Waals surface area contributed by atoms with E-state index in [4.69, 9.17) is 24.0 Å². The maximum absolute atomic E-state index is 12.8. The van der Waals surface area contributed by atoms with Gasteiger partial charge in [0.15, 0.2) is 6.23 Å². The first-order chi connectivity index (χ1) is 13.8. The second-order valence-electron chi connectivity index (χ2n) is 6.71. The third-order valence-corrected chi connectivity index (χ3v) is 5.82. The van der Waals surface area contributed by atoms with Gasteiger partial charge in [-0.2, -0.15) is 4.98 Å². The van der Waals surface area contributed by atoms with Gasteiger partial charge in [-0.1, -0.05) is 26.7 Å². The van der Waals surface area contributed by atoms with E-state index in [-0.39, 0.29) is 25.6 Å². The molecule has 2 heterocycles. The molecule has 1 aliphatic heterocycles. The number of nitrogens with two attached hydrogens (primary N) is 1. The molecule has 2 rings (SSSR count). The molecule has 11 nitrogen and oxygen atoms in total. The summed E-state index contributed by atoms with van der Waals surface area (Å²) in [5.41, 5.74) is 4.72. The molecule has 0 aliphatic carbocycles. The number of hydrogen-bond donors (Lipinski definition) is 3. The molecule has 1 fully saturated rings. The van der Waals surface area contributed by atoms with Crippen LogP contribution >= 0.6 is 7.82 Å². The van der Waals surface area contributed by atoms with E-state index in [1.807, 2.05) is 13.8 Å². The van der Waals surface area contributed by atoms with Gasteiger partial charge < -0.3 is 20.7 Å². The van der Waals surface area contributed by atoms with Crippen molar-refractivity contribution in [2.24, 2.45) is 0 Å². The minimum Gasteiger partial charge on any atom is -0.387 e. The van der Waals surface area contributed by atoms with Crippen molar-refractivity contribution in [3.8, 4) is 0 Å². The Labute approximate surface area is 169 Å². The van der Waals surface area contributed by atoms with Crippen LogP contribution in [0.3, 0.4) is 0 Å². The lowest BCUT2D eigenvalue weighted by molar-refractivity contribution is -0.0563. The van der Waals surface area contributed by atoms with Crippen molar-refractivity contribution in [2.45, 2.75) is 64.1 Å². The third kappa shape index (κ3) is 6.58. The normalized spacial score (nSPS) is 24.8. The summed E-state index contributed by atoms with van der Waals surface area (Å²) in [4.78, 5) is 15.5. The highest BCUT2D eigenvalue weighted by Crippen LogP contribution is 2.50. The lowest BCUT2D eigenvalue weighted by Crippen LogP contribution is -2.36.